The van der Waals surface area contributed by atoms with Crippen molar-refractivity contribution in [3.63, 3.8) is 0 Å². The van der Waals surface area contributed by atoms with Crippen molar-refractivity contribution in [3.05, 3.63) is 56.9 Å². The molecular formula is C21H23ClN2O4S. The number of aryl methyl sites for hydroxylation is 1. The molecule has 0 saturated heterocycles. The Morgan fingerprint density at radius 3 is 2.31 bits per heavy atom. The molecule has 29 heavy (non-hydrogen) atoms. The Morgan fingerprint density at radius 1 is 1.07 bits per heavy atom. The maximum Gasteiger partial charge on any atom is 0.282 e. The van der Waals surface area contributed by atoms with Gasteiger partial charge in [0, 0.05) is 37.2 Å². The second-order valence-electron chi connectivity index (χ2n) is 6.55. The van der Waals surface area contributed by atoms with Crippen molar-refractivity contribution in [1.82, 2.24) is 4.90 Å². The van der Waals surface area contributed by atoms with E-state index in [2.05, 4.69) is 0 Å². The Kier molecular flexibility index (Phi) is 7.08. The lowest BCUT2D eigenvalue weighted by Gasteiger charge is -2.26. The number of imide groups is 1. The third-order valence-corrected chi connectivity index (χ3v) is 5.80. The highest BCUT2D eigenvalue weighted by Gasteiger charge is 2.43. The standard InChI is InChI=1S/C21H23ClN2O4S/c1-14-13-15(22)6-7-16(14)24-20(25)18(17-5-4-12-29-17)19(21(24)26)23(8-10-27-2)9-11-28-3/h4-7,12-13H,8-11H2,1-3H3. The molecule has 1 aliphatic heterocycles. The number of hydrogen-bond donors (Lipinski definition) is 0. The molecular weight excluding hydrogens is 412 g/mol. The third kappa shape index (κ3) is 4.38. The minimum Gasteiger partial charge on any atom is -0.383 e. The molecule has 3 rings (SSSR count). The number of halogens is 1. The molecule has 0 spiro atoms. The van der Waals surface area contributed by atoms with Crippen LogP contribution in [-0.2, 0) is 19.1 Å². The first-order valence-electron chi connectivity index (χ1n) is 9.15. The van der Waals surface area contributed by atoms with Gasteiger partial charge in [-0.05, 0) is 42.1 Å². The predicted molar refractivity (Wildman–Crippen MR) is 115 cm³/mol. The van der Waals surface area contributed by atoms with Crippen molar-refractivity contribution in [1.29, 1.82) is 0 Å². The maximum atomic E-state index is 13.5. The minimum absolute atomic E-state index is 0.335. The molecule has 1 aromatic heterocycles. The monoisotopic (exact) mass is 434 g/mol. The number of thiophene rings is 1. The summed E-state index contributed by atoms with van der Waals surface area (Å²) in [6.45, 7) is 3.62. The fourth-order valence-corrected chi connectivity index (χ4v) is 4.27. The zero-order valence-electron chi connectivity index (χ0n) is 16.6. The second kappa shape index (κ2) is 9.54. The van der Waals surface area contributed by atoms with Gasteiger partial charge >= 0.3 is 0 Å². The van der Waals surface area contributed by atoms with E-state index in [9.17, 15) is 9.59 Å². The highest BCUT2D eigenvalue weighted by Crippen LogP contribution is 2.37. The molecule has 0 fully saturated rings. The Balaban J connectivity index is 2.10. The van der Waals surface area contributed by atoms with Crippen molar-refractivity contribution in [2.45, 2.75) is 6.92 Å². The van der Waals surface area contributed by atoms with Crippen LogP contribution in [-0.4, -0.2) is 57.2 Å². The van der Waals surface area contributed by atoms with Gasteiger partial charge in [0.05, 0.1) is 24.5 Å². The summed E-state index contributed by atoms with van der Waals surface area (Å²) >= 11 is 7.50. The smallest absolute Gasteiger partial charge is 0.282 e. The summed E-state index contributed by atoms with van der Waals surface area (Å²) in [4.78, 5) is 30.8. The number of methoxy groups -OCH3 is 2. The predicted octanol–water partition coefficient (Wildman–Crippen LogP) is 3.59. The molecule has 0 bridgehead atoms. The average Bonchev–Trinajstić information content (AvgIpc) is 3.30. The summed E-state index contributed by atoms with van der Waals surface area (Å²) in [5.74, 6) is -0.686. The van der Waals surface area contributed by atoms with Gasteiger partial charge in [0.25, 0.3) is 11.8 Å². The summed E-state index contributed by atoms with van der Waals surface area (Å²) in [5, 5.41) is 2.45. The van der Waals surface area contributed by atoms with Crippen molar-refractivity contribution < 1.29 is 19.1 Å². The number of nitrogens with zero attached hydrogens (tertiary/aromatic N) is 2. The molecule has 2 aromatic rings. The first-order valence-corrected chi connectivity index (χ1v) is 10.4. The van der Waals surface area contributed by atoms with Crippen LogP contribution in [0.15, 0.2) is 41.4 Å². The van der Waals surface area contributed by atoms with E-state index in [-0.39, 0.29) is 11.8 Å². The van der Waals surface area contributed by atoms with Gasteiger partial charge in [0.15, 0.2) is 0 Å². The van der Waals surface area contributed by atoms with Crippen LogP contribution in [0.4, 0.5) is 5.69 Å². The lowest BCUT2D eigenvalue weighted by molar-refractivity contribution is -0.120. The second-order valence-corrected chi connectivity index (χ2v) is 7.93. The van der Waals surface area contributed by atoms with Gasteiger partial charge in [-0.15, -0.1) is 11.3 Å². The molecule has 0 radical (unpaired) electrons. The van der Waals surface area contributed by atoms with Gasteiger partial charge in [-0.2, -0.15) is 0 Å². The van der Waals surface area contributed by atoms with Gasteiger partial charge in [-0.25, -0.2) is 4.90 Å². The van der Waals surface area contributed by atoms with Crippen LogP contribution in [0, 0.1) is 6.92 Å². The molecule has 2 amide bonds. The molecule has 2 heterocycles. The van der Waals surface area contributed by atoms with Crippen molar-refractivity contribution in [3.8, 4) is 0 Å². The molecule has 0 unspecified atom stereocenters. The summed E-state index contributed by atoms with van der Waals surface area (Å²) < 4.78 is 10.4. The minimum atomic E-state index is -0.351. The van der Waals surface area contributed by atoms with E-state index in [1.165, 1.54) is 16.2 Å². The highest BCUT2D eigenvalue weighted by atomic mass is 35.5. The van der Waals surface area contributed by atoms with Gasteiger partial charge in [-0.1, -0.05) is 17.7 Å². The van der Waals surface area contributed by atoms with Gasteiger partial charge in [0.2, 0.25) is 0 Å². The van der Waals surface area contributed by atoms with E-state index in [1.807, 2.05) is 29.3 Å². The summed E-state index contributed by atoms with van der Waals surface area (Å²) in [6, 6.07) is 8.85. The van der Waals surface area contributed by atoms with Crippen molar-refractivity contribution in [2.75, 3.05) is 45.4 Å². The third-order valence-electron chi connectivity index (χ3n) is 4.67. The van der Waals surface area contributed by atoms with Crippen molar-refractivity contribution in [2.24, 2.45) is 0 Å². The van der Waals surface area contributed by atoms with E-state index >= 15 is 0 Å². The molecule has 154 valence electrons. The number of amides is 2. The summed E-state index contributed by atoms with van der Waals surface area (Å²) in [6.07, 6.45) is 0. The van der Waals surface area contributed by atoms with E-state index in [1.54, 1.807) is 32.4 Å². The molecule has 0 saturated carbocycles. The number of carbonyl (C=O) groups excluding carboxylic acids is 2. The van der Waals surface area contributed by atoms with E-state index in [0.29, 0.717) is 48.3 Å². The molecule has 8 heteroatoms. The average molecular weight is 435 g/mol. The van der Waals surface area contributed by atoms with Crippen LogP contribution in [0.25, 0.3) is 5.57 Å². The number of carbonyl (C=O) groups is 2. The Bertz CT molecular complexity index is 919. The van der Waals surface area contributed by atoms with Gasteiger partial charge in [-0.3, -0.25) is 9.59 Å². The Labute approximate surface area is 179 Å². The largest absolute Gasteiger partial charge is 0.383 e. The molecule has 0 N–H and O–H groups in total. The number of ether oxygens (including phenoxy) is 2. The maximum absolute atomic E-state index is 13.5. The highest BCUT2D eigenvalue weighted by molar-refractivity contribution is 7.11. The van der Waals surface area contributed by atoms with E-state index < -0.39 is 0 Å². The zero-order valence-corrected chi connectivity index (χ0v) is 18.2. The first kappa shape index (κ1) is 21.5. The van der Waals surface area contributed by atoms with Crippen LogP contribution in [0.2, 0.25) is 5.02 Å². The number of rotatable bonds is 9. The molecule has 0 aliphatic carbocycles. The molecule has 0 atom stereocenters. The SMILES string of the molecule is COCCN(CCOC)C1=C(c2cccs2)C(=O)N(c2ccc(Cl)cc2C)C1=O. The summed E-state index contributed by atoms with van der Waals surface area (Å²) in [7, 11) is 3.21. The van der Waals surface area contributed by atoms with Crippen LogP contribution in [0.1, 0.15) is 10.4 Å². The van der Waals surface area contributed by atoms with Crippen LogP contribution in [0.5, 0.6) is 0 Å². The lowest BCUT2D eigenvalue weighted by Crippen LogP contribution is -2.38. The van der Waals surface area contributed by atoms with E-state index in [0.717, 1.165) is 10.4 Å². The Hall–Kier alpha value is -2.19. The number of benzene rings is 1. The zero-order chi connectivity index (χ0) is 21.0. The number of anilines is 1. The topological polar surface area (TPSA) is 59.1 Å². The van der Waals surface area contributed by atoms with Gasteiger partial charge in [0.1, 0.15) is 5.70 Å². The van der Waals surface area contributed by atoms with Crippen molar-refractivity contribution >= 4 is 46.0 Å². The van der Waals surface area contributed by atoms with E-state index in [4.69, 9.17) is 21.1 Å². The molecule has 6 nitrogen and oxygen atoms in total. The first-order chi connectivity index (χ1) is 14.0. The molecule has 1 aliphatic rings. The summed E-state index contributed by atoms with van der Waals surface area (Å²) in [5.41, 5.74) is 2.07. The lowest BCUT2D eigenvalue weighted by atomic mass is 10.1. The fourth-order valence-electron chi connectivity index (χ4n) is 3.28. The quantitative estimate of drug-likeness (QED) is 0.564. The van der Waals surface area contributed by atoms with Crippen LogP contribution >= 0.6 is 22.9 Å². The van der Waals surface area contributed by atoms with Gasteiger partial charge < -0.3 is 14.4 Å². The fraction of sp³-hybridized carbons (Fsp3) is 0.333. The number of hydrogen-bond acceptors (Lipinski definition) is 6. The normalized spacial score (nSPS) is 14.3. The van der Waals surface area contributed by atoms with Crippen LogP contribution in [0.3, 0.4) is 0 Å². The Morgan fingerprint density at radius 2 is 1.76 bits per heavy atom. The molecule has 1 aromatic carbocycles. The van der Waals surface area contributed by atoms with Crippen LogP contribution < -0.4 is 4.90 Å².